The average Bonchev–Trinajstić information content (AvgIpc) is 2.44. The average molecular weight is 283 g/mol. The molecule has 1 saturated carbocycles. The monoisotopic (exact) mass is 282 g/mol. The van der Waals surface area contributed by atoms with Crippen LogP contribution in [0.4, 0.5) is 11.8 Å². The van der Waals surface area contributed by atoms with Crippen molar-refractivity contribution < 1.29 is 0 Å². The van der Waals surface area contributed by atoms with E-state index >= 15 is 0 Å². The molecular weight excluding hydrogens is 260 g/mol. The molecule has 1 aliphatic carbocycles. The Morgan fingerprint density at radius 3 is 2.68 bits per heavy atom. The van der Waals surface area contributed by atoms with Crippen molar-refractivity contribution in [3.05, 3.63) is 11.2 Å². The maximum Gasteiger partial charge on any atom is 0.224 e. The van der Waals surface area contributed by atoms with Crippen molar-refractivity contribution in [3.8, 4) is 0 Å². The second-order valence-electron chi connectivity index (χ2n) is 4.97. The molecule has 1 aromatic heterocycles. The fourth-order valence-electron chi connectivity index (χ4n) is 2.78. The van der Waals surface area contributed by atoms with Gasteiger partial charge in [0.15, 0.2) is 5.82 Å². The van der Waals surface area contributed by atoms with E-state index in [2.05, 4.69) is 27.1 Å². The molecule has 1 aromatic rings. The number of nitrogens with one attached hydrogen (secondary N) is 1. The van der Waals surface area contributed by atoms with E-state index < -0.39 is 0 Å². The lowest BCUT2D eigenvalue weighted by atomic mass is 9.94. The standard InChI is InChI=1S/C14H23ClN4/c1-3-16-14-17-10-12(15)13(18-14)19(4-2)11-8-6-5-7-9-11/h10-11H,3-9H2,1-2H3,(H,16,17,18). The van der Waals surface area contributed by atoms with Crippen molar-refractivity contribution in [3.63, 3.8) is 0 Å². The van der Waals surface area contributed by atoms with Gasteiger partial charge in [-0.25, -0.2) is 4.98 Å². The molecule has 0 amide bonds. The van der Waals surface area contributed by atoms with Crippen LogP contribution >= 0.6 is 11.6 Å². The van der Waals surface area contributed by atoms with Crippen LogP contribution in [0.25, 0.3) is 0 Å². The SMILES string of the molecule is CCNc1ncc(Cl)c(N(CC)C2CCCCC2)n1. The second kappa shape index (κ2) is 6.94. The van der Waals surface area contributed by atoms with Crippen LogP contribution < -0.4 is 10.2 Å². The molecule has 1 fully saturated rings. The Bertz CT molecular complexity index is 404. The molecular formula is C14H23ClN4. The largest absolute Gasteiger partial charge is 0.354 e. The van der Waals surface area contributed by atoms with Gasteiger partial charge in [-0.15, -0.1) is 0 Å². The van der Waals surface area contributed by atoms with Gasteiger partial charge in [-0.05, 0) is 26.7 Å². The lowest BCUT2D eigenvalue weighted by molar-refractivity contribution is 0.416. The first-order valence-electron chi connectivity index (χ1n) is 7.29. The van der Waals surface area contributed by atoms with E-state index in [1.54, 1.807) is 6.20 Å². The third-order valence-corrected chi connectivity index (χ3v) is 3.96. The molecule has 0 unspecified atom stereocenters. The van der Waals surface area contributed by atoms with E-state index in [0.29, 0.717) is 17.0 Å². The van der Waals surface area contributed by atoms with Crippen LogP contribution in [0.3, 0.4) is 0 Å². The van der Waals surface area contributed by atoms with E-state index in [-0.39, 0.29) is 0 Å². The summed E-state index contributed by atoms with van der Waals surface area (Å²) in [6.45, 7) is 5.96. The first kappa shape index (κ1) is 14.4. The van der Waals surface area contributed by atoms with Gasteiger partial charge < -0.3 is 10.2 Å². The first-order chi connectivity index (χ1) is 9.26. The van der Waals surface area contributed by atoms with Crippen molar-refractivity contribution in [2.24, 2.45) is 0 Å². The van der Waals surface area contributed by atoms with Gasteiger partial charge in [-0.3, -0.25) is 0 Å². The van der Waals surface area contributed by atoms with Crippen LogP contribution in [0.2, 0.25) is 5.02 Å². The van der Waals surface area contributed by atoms with Gasteiger partial charge in [0, 0.05) is 19.1 Å². The van der Waals surface area contributed by atoms with Crippen molar-refractivity contribution in [1.82, 2.24) is 9.97 Å². The summed E-state index contributed by atoms with van der Waals surface area (Å²) in [4.78, 5) is 11.1. The molecule has 106 valence electrons. The zero-order chi connectivity index (χ0) is 13.7. The van der Waals surface area contributed by atoms with E-state index in [4.69, 9.17) is 11.6 Å². The van der Waals surface area contributed by atoms with E-state index in [0.717, 1.165) is 18.9 Å². The molecule has 2 rings (SSSR count). The van der Waals surface area contributed by atoms with Gasteiger partial charge in [0.25, 0.3) is 0 Å². The van der Waals surface area contributed by atoms with Crippen molar-refractivity contribution in [2.45, 2.75) is 52.0 Å². The Kier molecular flexibility index (Phi) is 5.25. The Labute approximate surface area is 120 Å². The molecule has 0 atom stereocenters. The fraction of sp³-hybridized carbons (Fsp3) is 0.714. The topological polar surface area (TPSA) is 41.1 Å². The Morgan fingerprint density at radius 1 is 1.32 bits per heavy atom. The molecule has 4 nitrogen and oxygen atoms in total. The van der Waals surface area contributed by atoms with Crippen LogP contribution in [0.15, 0.2) is 6.20 Å². The van der Waals surface area contributed by atoms with E-state index in [1.165, 1.54) is 32.1 Å². The third kappa shape index (κ3) is 3.50. The molecule has 1 N–H and O–H groups in total. The minimum atomic E-state index is 0.570. The number of halogens is 1. The van der Waals surface area contributed by atoms with E-state index in [9.17, 15) is 0 Å². The predicted octanol–water partition coefficient (Wildman–Crippen LogP) is 3.72. The number of hydrogen-bond donors (Lipinski definition) is 1. The summed E-state index contributed by atoms with van der Waals surface area (Å²) in [5.74, 6) is 1.54. The minimum absolute atomic E-state index is 0.570. The number of nitrogens with zero attached hydrogens (tertiary/aromatic N) is 3. The summed E-state index contributed by atoms with van der Waals surface area (Å²) in [5.41, 5.74) is 0. The third-order valence-electron chi connectivity index (χ3n) is 3.69. The predicted molar refractivity (Wildman–Crippen MR) is 81.1 cm³/mol. The summed E-state index contributed by atoms with van der Waals surface area (Å²) >= 11 is 6.29. The van der Waals surface area contributed by atoms with Gasteiger partial charge in [-0.1, -0.05) is 30.9 Å². The lowest BCUT2D eigenvalue weighted by Crippen LogP contribution is -2.37. The summed E-state index contributed by atoms with van der Waals surface area (Å²) in [6, 6.07) is 0.570. The van der Waals surface area contributed by atoms with Crippen molar-refractivity contribution in [2.75, 3.05) is 23.3 Å². The smallest absolute Gasteiger partial charge is 0.224 e. The van der Waals surface area contributed by atoms with Crippen molar-refractivity contribution >= 4 is 23.4 Å². The minimum Gasteiger partial charge on any atom is -0.354 e. The first-order valence-corrected chi connectivity index (χ1v) is 7.67. The highest BCUT2D eigenvalue weighted by molar-refractivity contribution is 6.32. The van der Waals surface area contributed by atoms with Crippen LogP contribution in [-0.2, 0) is 0 Å². The van der Waals surface area contributed by atoms with Gasteiger partial charge in [0.05, 0.1) is 6.20 Å². The Balaban J connectivity index is 2.22. The zero-order valence-electron chi connectivity index (χ0n) is 11.8. The molecule has 19 heavy (non-hydrogen) atoms. The highest BCUT2D eigenvalue weighted by Crippen LogP contribution is 2.30. The quantitative estimate of drug-likeness (QED) is 0.894. The highest BCUT2D eigenvalue weighted by Gasteiger charge is 2.23. The molecule has 0 spiro atoms. The molecule has 5 heteroatoms. The molecule has 1 heterocycles. The molecule has 0 aromatic carbocycles. The van der Waals surface area contributed by atoms with Gasteiger partial charge in [-0.2, -0.15) is 4.98 Å². The van der Waals surface area contributed by atoms with Crippen LogP contribution in [-0.4, -0.2) is 29.1 Å². The lowest BCUT2D eigenvalue weighted by Gasteiger charge is -2.35. The normalized spacial score (nSPS) is 16.4. The zero-order valence-corrected chi connectivity index (χ0v) is 12.6. The summed E-state index contributed by atoms with van der Waals surface area (Å²) in [6.07, 6.45) is 8.16. The van der Waals surface area contributed by atoms with Gasteiger partial charge in [0.1, 0.15) is 5.02 Å². The Morgan fingerprint density at radius 2 is 2.05 bits per heavy atom. The molecule has 0 aliphatic heterocycles. The van der Waals surface area contributed by atoms with Crippen LogP contribution in [0, 0.1) is 0 Å². The van der Waals surface area contributed by atoms with E-state index in [1.807, 2.05) is 6.92 Å². The number of hydrogen-bond acceptors (Lipinski definition) is 4. The highest BCUT2D eigenvalue weighted by atomic mass is 35.5. The van der Waals surface area contributed by atoms with Crippen molar-refractivity contribution in [1.29, 1.82) is 0 Å². The maximum absolute atomic E-state index is 6.29. The summed E-state index contributed by atoms with van der Waals surface area (Å²) < 4.78 is 0. The van der Waals surface area contributed by atoms with Crippen LogP contribution in [0.5, 0.6) is 0 Å². The maximum atomic E-state index is 6.29. The molecule has 0 radical (unpaired) electrons. The molecule has 1 aliphatic rings. The molecule has 0 bridgehead atoms. The number of anilines is 2. The number of rotatable bonds is 5. The fourth-order valence-corrected chi connectivity index (χ4v) is 2.98. The summed E-state index contributed by atoms with van der Waals surface area (Å²) in [7, 11) is 0. The molecule has 0 saturated heterocycles. The summed E-state index contributed by atoms with van der Waals surface area (Å²) in [5, 5.41) is 3.80. The van der Waals surface area contributed by atoms with Gasteiger partial charge >= 0.3 is 0 Å². The Hall–Kier alpha value is -1.03. The van der Waals surface area contributed by atoms with Crippen LogP contribution in [0.1, 0.15) is 46.0 Å². The number of aromatic nitrogens is 2. The van der Waals surface area contributed by atoms with Gasteiger partial charge in [0.2, 0.25) is 5.95 Å². The second-order valence-corrected chi connectivity index (χ2v) is 5.38.